The largest absolute Gasteiger partial charge is 0.678 e. The van der Waals surface area contributed by atoms with Crippen LogP contribution in [0.5, 0.6) is 0 Å². The van der Waals surface area contributed by atoms with Gasteiger partial charge in [-0.25, -0.2) is 0 Å². The van der Waals surface area contributed by atoms with E-state index in [2.05, 4.69) is 180 Å². The molecule has 0 amide bonds. The zero-order valence-electron chi connectivity index (χ0n) is 30.4. The molecule has 1 unspecified atom stereocenters. The molecule has 6 aromatic carbocycles. The van der Waals surface area contributed by atoms with Gasteiger partial charge in [-0.05, 0) is 59.6 Å². The minimum Gasteiger partial charge on any atom is -0.678 e. The third-order valence-electron chi connectivity index (χ3n) is 10.1. The van der Waals surface area contributed by atoms with Crippen LogP contribution in [0.15, 0.2) is 164 Å². The third kappa shape index (κ3) is 7.29. The molecule has 1 atom stereocenters. The van der Waals surface area contributed by atoms with E-state index in [1.54, 1.807) is 0 Å². The summed E-state index contributed by atoms with van der Waals surface area (Å²) in [6.07, 6.45) is 5.42. The Morgan fingerprint density at radius 1 is 0.636 bits per heavy atom. The first-order chi connectivity index (χ1) is 26.7. The number of hydrogen-bond acceptors (Lipinski definition) is 4. The van der Waals surface area contributed by atoms with Crippen LogP contribution in [0.1, 0.15) is 29.9 Å². The van der Waals surface area contributed by atoms with Gasteiger partial charge in [-0.1, -0.05) is 117 Å². The average Bonchev–Trinajstić information content (AvgIpc) is 3.61. The second kappa shape index (κ2) is 16.2. The van der Waals surface area contributed by atoms with Crippen LogP contribution in [-0.2, 0) is 32.9 Å². The maximum Gasteiger partial charge on any atom is 0.0479 e. The number of para-hydroxylation sites is 5. The summed E-state index contributed by atoms with van der Waals surface area (Å²) in [5.74, 6) is 0. The predicted molar refractivity (Wildman–Crippen MR) is 223 cm³/mol. The molecule has 8 aromatic rings. The first kappa shape index (κ1) is 36.0. The van der Waals surface area contributed by atoms with Crippen molar-refractivity contribution in [3.8, 4) is 11.1 Å². The minimum atomic E-state index is -0.203. The molecule has 0 aliphatic carbocycles. The first-order valence-corrected chi connectivity index (χ1v) is 18.5. The molecule has 2 aliphatic heterocycles. The molecule has 0 N–H and O–H groups in total. The second-order valence-corrected chi connectivity index (χ2v) is 13.4. The summed E-state index contributed by atoms with van der Waals surface area (Å²) in [5.41, 5.74) is 10.4. The van der Waals surface area contributed by atoms with E-state index in [-0.39, 0.29) is 26.1 Å². The van der Waals surface area contributed by atoms with Crippen molar-refractivity contribution in [2.45, 2.75) is 25.8 Å². The molecule has 1 radical (unpaired) electrons. The van der Waals surface area contributed by atoms with Crippen molar-refractivity contribution in [1.82, 2.24) is 9.97 Å². The fourth-order valence-corrected chi connectivity index (χ4v) is 7.47. The number of aryl methyl sites for hydroxylation is 1. The average molecular weight is 891 g/mol. The van der Waals surface area contributed by atoms with E-state index in [4.69, 9.17) is 15.6 Å². The van der Waals surface area contributed by atoms with Crippen LogP contribution >= 0.6 is 0 Å². The van der Waals surface area contributed by atoms with Gasteiger partial charge in [0.1, 0.15) is 0 Å². The Hall–Kier alpha value is -6.01. The van der Waals surface area contributed by atoms with Gasteiger partial charge in [-0.15, -0.1) is 52.7 Å². The van der Waals surface area contributed by atoms with Crippen molar-refractivity contribution in [2.24, 2.45) is 0 Å². The fourth-order valence-electron chi connectivity index (χ4n) is 7.47. The molecule has 4 heterocycles. The van der Waals surface area contributed by atoms with E-state index >= 15 is 0 Å². The number of hydrogen-bond donors (Lipinski definition) is 0. The zero-order valence-corrected chi connectivity index (χ0v) is 32.8. The van der Waals surface area contributed by atoms with Gasteiger partial charge in [0.2, 0.25) is 0 Å². The molecule has 0 saturated carbocycles. The van der Waals surface area contributed by atoms with Crippen LogP contribution in [0.25, 0.3) is 43.3 Å². The van der Waals surface area contributed by atoms with Crippen LogP contribution in [-0.4, -0.2) is 16.6 Å². The zero-order chi connectivity index (χ0) is 36.3. The summed E-state index contributed by atoms with van der Waals surface area (Å²) >= 11 is 0. The van der Waals surface area contributed by atoms with Crippen molar-refractivity contribution < 1.29 is 20.1 Å². The van der Waals surface area contributed by atoms with Gasteiger partial charge in [0.05, 0.1) is 0 Å². The summed E-state index contributed by atoms with van der Waals surface area (Å²) in [6.45, 7) is 4.78. The van der Waals surface area contributed by atoms with E-state index in [9.17, 15) is 0 Å². The Balaban J connectivity index is 0.000000280. The summed E-state index contributed by atoms with van der Waals surface area (Å²) in [6, 6.07) is 56.0. The topological polar surface area (TPSA) is 60.5 Å². The Kier molecular flexibility index (Phi) is 10.6. The Morgan fingerprint density at radius 3 is 2.02 bits per heavy atom. The molecule has 55 heavy (non-hydrogen) atoms. The van der Waals surface area contributed by atoms with Crippen LogP contribution in [0.2, 0.25) is 0 Å². The van der Waals surface area contributed by atoms with Gasteiger partial charge in [-0.3, -0.25) is 9.97 Å². The third-order valence-corrected chi connectivity index (χ3v) is 10.1. The molecule has 10 rings (SSSR count). The van der Waals surface area contributed by atoms with E-state index < -0.39 is 0 Å². The molecular formula is C48H38IrN6-4. The molecule has 2 aromatic heterocycles. The van der Waals surface area contributed by atoms with E-state index in [0.717, 1.165) is 62.6 Å². The van der Waals surface area contributed by atoms with Crippen molar-refractivity contribution in [3.63, 3.8) is 0 Å². The standard InChI is InChI=1S/C37H27N5.C11H11N.Ir/c1-2-13-29-26(10-1)20-21-38-34(29)23-33-28-12-9-11-27(22-28)30-14-3-4-15-31(30)39-24-41-25-42(37-19-8-7-18-36(37)41)35-17-6-5-16-32(35)40-33;1-2-11-10-6-4-3-5-9(10)7-8-12-11;/h1-21,25,33H,23-24H2;3-8H,2H2,1H3;/q-4;;. The number of aromatic nitrogens is 2. The number of fused-ring (bicyclic) bond motifs is 13. The monoisotopic (exact) mass is 891 g/mol. The van der Waals surface area contributed by atoms with E-state index in [0.29, 0.717) is 13.1 Å². The van der Waals surface area contributed by atoms with Crippen LogP contribution in [0, 0.1) is 12.7 Å². The molecular weight excluding hydrogens is 853 g/mol. The quantitative estimate of drug-likeness (QED) is 0.166. The molecule has 6 nitrogen and oxygen atoms in total. The number of pyridine rings is 2. The summed E-state index contributed by atoms with van der Waals surface area (Å²) in [4.78, 5) is 13.6. The number of rotatable bonds is 3. The van der Waals surface area contributed by atoms with Crippen LogP contribution in [0.4, 0.5) is 28.4 Å². The first-order valence-electron chi connectivity index (χ1n) is 18.5. The van der Waals surface area contributed by atoms with Crippen molar-refractivity contribution in [3.05, 3.63) is 204 Å². The normalized spacial score (nSPS) is 14.2. The van der Waals surface area contributed by atoms with Crippen molar-refractivity contribution in [2.75, 3.05) is 16.5 Å². The van der Waals surface area contributed by atoms with E-state index in [1.165, 1.54) is 21.9 Å². The van der Waals surface area contributed by atoms with E-state index in [1.807, 2.05) is 18.5 Å². The Labute approximate surface area is 336 Å². The van der Waals surface area contributed by atoms with Crippen molar-refractivity contribution >= 4 is 50.0 Å². The minimum absolute atomic E-state index is 0. The van der Waals surface area contributed by atoms with Gasteiger partial charge in [0.15, 0.2) is 0 Å². The van der Waals surface area contributed by atoms with Gasteiger partial charge < -0.3 is 20.4 Å². The molecule has 0 spiro atoms. The fraction of sp³-hybridized carbons (Fsp3) is 0.104. The van der Waals surface area contributed by atoms with Crippen molar-refractivity contribution in [1.29, 1.82) is 0 Å². The smallest absolute Gasteiger partial charge is 0.0479 e. The number of anilines is 3. The van der Waals surface area contributed by atoms with Gasteiger partial charge >= 0.3 is 0 Å². The predicted octanol–water partition coefficient (Wildman–Crippen LogP) is 12.5. The molecule has 7 heteroatoms. The molecule has 0 fully saturated rings. The molecule has 4 bridgehead atoms. The van der Waals surface area contributed by atoms with Gasteiger partial charge in [0, 0.05) is 66.0 Å². The Morgan fingerprint density at radius 2 is 1.25 bits per heavy atom. The summed E-state index contributed by atoms with van der Waals surface area (Å²) in [5, 5.41) is 15.5. The molecule has 2 aliphatic rings. The van der Waals surface area contributed by atoms with Crippen LogP contribution in [0.3, 0.4) is 0 Å². The second-order valence-electron chi connectivity index (χ2n) is 13.4. The molecule has 273 valence electrons. The SMILES string of the molecule is CCc1nccc2ccccc12.[Ir].[c-]1c2cccc1C(Cc1nccc3ccccc13)[N-]c1ccccc1N1[CH-]N(C[N-]c3ccccc3-2)c2ccccc21. The molecule has 0 saturated heterocycles. The van der Waals surface area contributed by atoms with Gasteiger partial charge in [-0.2, -0.15) is 12.4 Å². The summed E-state index contributed by atoms with van der Waals surface area (Å²) in [7, 11) is 0. The maximum atomic E-state index is 5.47. The van der Waals surface area contributed by atoms with Crippen LogP contribution < -0.4 is 9.80 Å². The number of benzene rings is 6. The van der Waals surface area contributed by atoms with Gasteiger partial charge in [0.25, 0.3) is 0 Å². The maximum absolute atomic E-state index is 5.47. The summed E-state index contributed by atoms with van der Waals surface area (Å²) < 4.78 is 0. The Bertz CT molecular complexity index is 2580. The number of nitrogens with zero attached hydrogens (tertiary/aromatic N) is 6.